The van der Waals surface area contributed by atoms with E-state index < -0.39 is 0 Å². The van der Waals surface area contributed by atoms with Crippen LogP contribution >= 0.6 is 0 Å². The second-order valence-corrected chi connectivity index (χ2v) is 8.04. The maximum Gasteiger partial charge on any atom is 0.254 e. The molecule has 1 aliphatic heterocycles. The van der Waals surface area contributed by atoms with Gasteiger partial charge in [-0.1, -0.05) is 0 Å². The second-order valence-electron chi connectivity index (χ2n) is 8.04. The van der Waals surface area contributed by atoms with E-state index in [1.807, 2.05) is 37.9 Å². The van der Waals surface area contributed by atoms with Crippen molar-refractivity contribution < 1.29 is 9.18 Å². The molecule has 0 saturated heterocycles. The summed E-state index contributed by atoms with van der Waals surface area (Å²) in [5, 5.41) is 4.72. The molecule has 1 atom stereocenters. The van der Waals surface area contributed by atoms with Crippen molar-refractivity contribution in [1.29, 1.82) is 0 Å². The zero-order valence-corrected chi connectivity index (χ0v) is 17.6. The van der Waals surface area contributed by atoms with Gasteiger partial charge in [0.25, 0.3) is 5.91 Å². The molecule has 7 heteroatoms. The molecular formula is C24H22FN5O. The van der Waals surface area contributed by atoms with Gasteiger partial charge in [-0.15, -0.1) is 0 Å². The molecule has 0 N–H and O–H groups in total. The largest absolute Gasteiger partial charge is 0.330 e. The molecule has 5 rings (SSSR count). The number of aromatic nitrogens is 4. The first-order valence-electron chi connectivity index (χ1n) is 10.3. The van der Waals surface area contributed by atoms with Crippen LogP contribution in [0.2, 0.25) is 0 Å². The summed E-state index contributed by atoms with van der Waals surface area (Å²) in [5.41, 5.74) is 6.57. The van der Waals surface area contributed by atoms with Crippen molar-refractivity contribution in [3.63, 3.8) is 0 Å². The van der Waals surface area contributed by atoms with Crippen LogP contribution in [0.3, 0.4) is 0 Å². The summed E-state index contributed by atoms with van der Waals surface area (Å²) in [4.78, 5) is 23.7. The van der Waals surface area contributed by atoms with E-state index in [1.165, 1.54) is 6.07 Å². The summed E-state index contributed by atoms with van der Waals surface area (Å²) in [7, 11) is 1.87. The summed E-state index contributed by atoms with van der Waals surface area (Å²) in [6, 6.07) is 10.2. The monoisotopic (exact) mass is 415 g/mol. The quantitative estimate of drug-likeness (QED) is 0.491. The highest BCUT2D eigenvalue weighted by Gasteiger charge is 2.33. The first-order chi connectivity index (χ1) is 14.9. The maximum atomic E-state index is 14.0. The molecule has 6 nitrogen and oxygen atoms in total. The molecule has 2 aromatic heterocycles. The maximum absolute atomic E-state index is 14.0. The minimum absolute atomic E-state index is 0.0560. The van der Waals surface area contributed by atoms with Crippen molar-refractivity contribution >= 4 is 16.9 Å². The molecule has 0 spiro atoms. The van der Waals surface area contributed by atoms with Gasteiger partial charge in [-0.25, -0.2) is 4.39 Å². The second kappa shape index (κ2) is 7.27. The summed E-state index contributed by atoms with van der Waals surface area (Å²) < 4.78 is 15.8. The van der Waals surface area contributed by atoms with Crippen molar-refractivity contribution in [3.05, 3.63) is 77.0 Å². The molecule has 0 fully saturated rings. The van der Waals surface area contributed by atoms with Crippen molar-refractivity contribution in [2.45, 2.75) is 26.3 Å². The van der Waals surface area contributed by atoms with E-state index in [1.54, 1.807) is 35.3 Å². The molecule has 0 unspecified atom stereocenters. The van der Waals surface area contributed by atoms with Gasteiger partial charge in [0.05, 0.1) is 28.5 Å². The molecule has 0 aliphatic carbocycles. The Kier molecular flexibility index (Phi) is 4.54. The fourth-order valence-electron chi connectivity index (χ4n) is 4.52. The Bertz CT molecular complexity index is 1310. The van der Waals surface area contributed by atoms with E-state index in [2.05, 4.69) is 9.97 Å². The number of rotatable bonds is 2. The Hall–Kier alpha value is -3.61. The first kappa shape index (κ1) is 19.4. The highest BCUT2D eigenvalue weighted by atomic mass is 19.1. The normalized spacial score (nSPS) is 15.9. The Morgan fingerprint density at radius 3 is 2.65 bits per heavy atom. The van der Waals surface area contributed by atoms with Gasteiger partial charge < -0.3 is 4.90 Å². The van der Waals surface area contributed by atoms with Gasteiger partial charge in [0, 0.05) is 42.7 Å². The van der Waals surface area contributed by atoms with E-state index in [4.69, 9.17) is 5.10 Å². The van der Waals surface area contributed by atoms with Gasteiger partial charge in [-0.3, -0.25) is 19.4 Å². The molecule has 2 aromatic carbocycles. The zero-order valence-electron chi connectivity index (χ0n) is 17.6. The smallest absolute Gasteiger partial charge is 0.254 e. The highest BCUT2D eigenvalue weighted by molar-refractivity contribution is 5.97. The van der Waals surface area contributed by atoms with Crippen LogP contribution < -0.4 is 0 Å². The number of benzene rings is 2. The van der Waals surface area contributed by atoms with Crippen LogP contribution in [-0.2, 0) is 13.5 Å². The van der Waals surface area contributed by atoms with E-state index in [-0.39, 0.29) is 17.8 Å². The molecule has 156 valence electrons. The van der Waals surface area contributed by atoms with Crippen LogP contribution in [0.25, 0.3) is 22.3 Å². The van der Waals surface area contributed by atoms with Crippen molar-refractivity contribution in [2.75, 3.05) is 6.54 Å². The molecule has 0 radical (unpaired) electrons. The summed E-state index contributed by atoms with van der Waals surface area (Å²) in [5.74, 6) is -0.315. The molecule has 4 aromatic rings. The van der Waals surface area contributed by atoms with E-state index in [0.717, 1.165) is 33.6 Å². The average molecular weight is 415 g/mol. The van der Waals surface area contributed by atoms with Gasteiger partial charge in [-0.2, -0.15) is 5.10 Å². The standard InChI is InChI=1S/C24H22FN5O/c1-14-10-17(12-18(25)11-14)23-19-6-9-30(15(2)22(19)28-29(23)3)24(31)16-4-5-20-21(13-16)27-8-7-26-20/h4-5,7-8,10-13,15H,6,9H2,1-3H3/t15-/m0/s1. The van der Waals surface area contributed by atoms with E-state index in [0.29, 0.717) is 24.0 Å². The summed E-state index contributed by atoms with van der Waals surface area (Å²) >= 11 is 0. The summed E-state index contributed by atoms with van der Waals surface area (Å²) in [6.45, 7) is 4.44. The predicted octanol–water partition coefficient (Wildman–Crippen LogP) is 4.24. The average Bonchev–Trinajstić information content (AvgIpc) is 3.09. The third-order valence-corrected chi connectivity index (χ3v) is 5.94. The zero-order chi connectivity index (χ0) is 21.7. The number of hydrogen-bond donors (Lipinski definition) is 0. The minimum atomic E-state index is -0.259. The van der Waals surface area contributed by atoms with E-state index in [9.17, 15) is 9.18 Å². The number of aryl methyl sites for hydroxylation is 2. The van der Waals surface area contributed by atoms with Crippen LogP contribution in [0.5, 0.6) is 0 Å². The molecule has 1 aliphatic rings. The lowest BCUT2D eigenvalue weighted by atomic mass is 9.94. The molecule has 0 saturated carbocycles. The number of fused-ring (bicyclic) bond motifs is 2. The number of carbonyl (C=O) groups is 1. The first-order valence-corrected chi connectivity index (χ1v) is 10.3. The summed E-state index contributed by atoms with van der Waals surface area (Å²) in [6.07, 6.45) is 3.92. The fraction of sp³-hybridized carbons (Fsp3) is 0.250. The molecule has 31 heavy (non-hydrogen) atoms. The number of halogens is 1. The lowest BCUT2D eigenvalue weighted by Gasteiger charge is -2.33. The minimum Gasteiger partial charge on any atom is -0.330 e. The van der Waals surface area contributed by atoms with Crippen molar-refractivity contribution in [3.8, 4) is 11.3 Å². The lowest BCUT2D eigenvalue weighted by Crippen LogP contribution is -2.38. The van der Waals surface area contributed by atoms with Gasteiger partial charge in [0.1, 0.15) is 5.82 Å². The van der Waals surface area contributed by atoms with Gasteiger partial charge >= 0.3 is 0 Å². The highest BCUT2D eigenvalue weighted by Crippen LogP contribution is 2.36. The number of amides is 1. The van der Waals surface area contributed by atoms with Crippen LogP contribution in [0, 0.1) is 12.7 Å². The van der Waals surface area contributed by atoms with Crippen LogP contribution in [0.4, 0.5) is 4.39 Å². The fourth-order valence-corrected chi connectivity index (χ4v) is 4.52. The Balaban J connectivity index is 1.50. The molecular weight excluding hydrogens is 393 g/mol. The lowest BCUT2D eigenvalue weighted by molar-refractivity contribution is 0.0674. The van der Waals surface area contributed by atoms with Crippen LogP contribution in [0.15, 0.2) is 48.8 Å². The number of nitrogens with zero attached hydrogens (tertiary/aromatic N) is 5. The van der Waals surface area contributed by atoms with Gasteiger partial charge in [0.2, 0.25) is 0 Å². The third kappa shape index (κ3) is 3.26. The topological polar surface area (TPSA) is 63.9 Å². The predicted molar refractivity (Wildman–Crippen MR) is 116 cm³/mol. The van der Waals surface area contributed by atoms with Crippen LogP contribution in [0.1, 0.15) is 40.1 Å². The number of carbonyl (C=O) groups excluding carboxylic acids is 1. The third-order valence-electron chi connectivity index (χ3n) is 5.94. The molecule has 1 amide bonds. The van der Waals surface area contributed by atoms with Crippen molar-refractivity contribution in [1.82, 2.24) is 24.6 Å². The molecule has 0 bridgehead atoms. The number of hydrogen-bond acceptors (Lipinski definition) is 4. The van der Waals surface area contributed by atoms with E-state index >= 15 is 0 Å². The Labute approximate surface area is 179 Å². The molecule has 3 heterocycles. The Morgan fingerprint density at radius 2 is 1.87 bits per heavy atom. The SMILES string of the molecule is Cc1cc(F)cc(-c2c3c(nn2C)[C@H](C)N(C(=O)c2ccc4nccnc4c2)CC3)c1. The van der Waals surface area contributed by atoms with Gasteiger partial charge in [0.15, 0.2) is 0 Å². The van der Waals surface area contributed by atoms with Gasteiger partial charge in [-0.05, 0) is 62.2 Å². The van der Waals surface area contributed by atoms with Crippen molar-refractivity contribution in [2.24, 2.45) is 7.05 Å². The van der Waals surface area contributed by atoms with Crippen LogP contribution in [-0.4, -0.2) is 37.1 Å². The Morgan fingerprint density at radius 1 is 1.10 bits per heavy atom.